The highest BCUT2D eigenvalue weighted by atomic mass is 16.5. The normalized spacial score (nSPS) is 13.6. The molecule has 0 fully saturated rings. The highest BCUT2D eigenvalue weighted by Gasteiger charge is 2.29. The van der Waals surface area contributed by atoms with E-state index in [9.17, 15) is 9.59 Å². The highest BCUT2D eigenvalue weighted by molar-refractivity contribution is 6.11. The smallest absolute Gasteiger partial charge is 0.249 e. The van der Waals surface area contributed by atoms with Gasteiger partial charge in [0.2, 0.25) is 11.8 Å². The number of hydrogen-bond donors (Lipinski definition) is 2. The molecule has 0 saturated carbocycles. The minimum Gasteiger partial charge on any atom is -0.494 e. The van der Waals surface area contributed by atoms with Crippen molar-refractivity contribution in [2.45, 2.75) is 19.9 Å². The van der Waals surface area contributed by atoms with Crippen LogP contribution in [0.25, 0.3) is 0 Å². The number of hydrogen-bond acceptors (Lipinski definition) is 5. The molecule has 3 aromatic rings. The standard InChI is InChI=1S/C25H25N3O4/c1-3-31-19-12-14-21(15-13-19)32-20-10-8-18(9-11-20)26-17(2)25(30)28-16-24(29)27-22-6-4-5-7-23(22)28/h4-15,17,26H,3,16H2,1-2H3,(H,27,29). The maximum atomic E-state index is 13.0. The van der Waals surface area contributed by atoms with Crippen LogP contribution < -0.4 is 25.0 Å². The summed E-state index contributed by atoms with van der Waals surface area (Å²) in [5.74, 6) is 1.80. The van der Waals surface area contributed by atoms with Gasteiger partial charge in [-0.3, -0.25) is 14.5 Å². The molecule has 4 rings (SSSR count). The van der Waals surface area contributed by atoms with Gasteiger partial charge in [0, 0.05) is 5.69 Å². The van der Waals surface area contributed by atoms with Gasteiger partial charge in [-0.05, 0) is 74.5 Å². The maximum absolute atomic E-state index is 13.0. The third kappa shape index (κ3) is 4.83. The maximum Gasteiger partial charge on any atom is 0.249 e. The average molecular weight is 431 g/mol. The lowest BCUT2D eigenvalue weighted by Gasteiger charge is -2.31. The number of anilines is 3. The molecule has 0 saturated heterocycles. The minimum absolute atomic E-state index is 0.00324. The molecule has 0 radical (unpaired) electrons. The van der Waals surface area contributed by atoms with Gasteiger partial charge in [0.1, 0.15) is 29.8 Å². The lowest BCUT2D eigenvalue weighted by molar-refractivity contribution is -0.122. The summed E-state index contributed by atoms with van der Waals surface area (Å²) in [5, 5.41) is 6.00. The summed E-state index contributed by atoms with van der Waals surface area (Å²) in [6.45, 7) is 4.34. The predicted octanol–water partition coefficient (Wildman–Crippen LogP) is 4.66. The Morgan fingerprint density at radius 3 is 2.31 bits per heavy atom. The second kappa shape index (κ2) is 9.43. The average Bonchev–Trinajstić information content (AvgIpc) is 2.80. The minimum atomic E-state index is -0.521. The SMILES string of the molecule is CCOc1ccc(Oc2ccc(NC(C)C(=O)N3CC(=O)Nc4ccccc43)cc2)cc1. The van der Waals surface area contributed by atoms with E-state index in [-0.39, 0.29) is 18.4 Å². The van der Waals surface area contributed by atoms with E-state index in [1.165, 1.54) is 4.90 Å². The van der Waals surface area contributed by atoms with E-state index in [2.05, 4.69) is 10.6 Å². The first-order chi connectivity index (χ1) is 15.5. The summed E-state index contributed by atoms with van der Waals surface area (Å²) in [6.07, 6.45) is 0. The summed E-state index contributed by atoms with van der Waals surface area (Å²) >= 11 is 0. The zero-order chi connectivity index (χ0) is 22.5. The number of carbonyl (C=O) groups excluding carboxylic acids is 2. The molecule has 1 heterocycles. The third-order valence-electron chi connectivity index (χ3n) is 5.02. The summed E-state index contributed by atoms with van der Waals surface area (Å²) < 4.78 is 11.3. The van der Waals surface area contributed by atoms with Crippen LogP contribution in [0.15, 0.2) is 72.8 Å². The molecule has 1 atom stereocenters. The van der Waals surface area contributed by atoms with Crippen molar-refractivity contribution in [2.75, 3.05) is 28.7 Å². The second-order valence-electron chi connectivity index (χ2n) is 7.39. The van der Waals surface area contributed by atoms with Crippen molar-refractivity contribution in [3.63, 3.8) is 0 Å². The van der Waals surface area contributed by atoms with Gasteiger partial charge in [0.15, 0.2) is 0 Å². The lowest BCUT2D eigenvalue weighted by atomic mass is 10.1. The summed E-state index contributed by atoms with van der Waals surface area (Å²) in [5.41, 5.74) is 2.12. The Bertz CT molecular complexity index is 1100. The van der Waals surface area contributed by atoms with Crippen LogP contribution in [0.2, 0.25) is 0 Å². The molecule has 2 N–H and O–H groups in total. The summed E-state index contributed by atoms with van der Waals surface area (Å²) in [7, 11) is 0. The number of fused-ring (bicyclic) bond motifs is 1. The molecule has 0 aromatic heterocycles. The molecule has 32 heavy (non-hydrogen) atoms. The largest absolute Gasteiger partial charge is 0.494 e. The Hall–Kier alpha value is -4.00. The number of para-hydroxylation sites is 2. The van der Waals surface area contributed by atoms with Gasteiger partial charge in [0.05, 0.1) is 18.0 Å². The van der Waals surface area contributed by atoms with Crippen LogP contribution in [0.1, 0.15) is 13.8 Å². The van der Waals surface area contributed by atoms with Gasteiger partial charge in [-0.25, -0.2) is 0 Å². The van der Waals surface area contributed by atoms with Crippen molar-refractivity contribution in [3.8, 4) is 17.2 Å². The van der Waals surface area contributed by atoms with Gasteiger partial charge in [0.25, 0.3) is 0 Å². The van der Waals surface area contributed by atoms with Crippen molar-refractivity contribution in [1.82, 2.24) is 0 Å². The molecule has 0 aliphatic carbocycles. The Kier molecular flexibility index (Phi) is 6.26. The van der Waals surface area contributed by atoms with Gasteiger partial charge in [-0.2, -0.15) is 0 Å². The fourth-order valence-electron chi connectivity index (χ4n) is 3.50. The molecule has 0 bridgehead atoms. The molecular weight excluding hydrogens is 406 g/mol. The monoisotopic (exact) mass is 431 g/mol. The van der Waals surface area contributed by atoms with E-state index in [0.717, 1.165) is 11.4 Å². The number of benzene rings is 3. The molecule has 2 amide bonds. The number of carbonyl (C=O) groups is 2. The number of nitrogens with zero attached hydrogens (tertiary/aromatic N) is 1. The number of ether oxygens (including phenoxy) is 2. The Balaban J connectivity index is 1.39. The second-order valence-corrected chi connectivity index (χ2v) is 7.39. The molecule has 164 valence electrons. The zero-order valence-corrected chi connectivity index (χ0v) is 18.0. The van der Waals surface area contributed by atoms with Crippen LogP contribution in [0, 0.1) is 0 Å². The molecule has 3 aromatic carbocycles. The van der Waals surface area contributed by atoms with Crippen LogP contribution in [-0.2, 0) is 9.59 Å². The molecule has 1 unspecified atom stereocenters. The fourth-order valence-corrected chi connectivity index (χ4v) is 3.50. The van der Waals surface area contributed by atoms with Crippen molar-refractivity contribution < 1.29 is 19.1 Å². The first kappa shape index (κ1) is 21.2. The molecular formula is C25H25N3O4. The quantitative estimate of drug-likeness (QED) is 0.569. The molecule has 1 aliphatic rings. The molecule has 7 heteroatoms. The topological polar surface area (TPSA) is 79.9 Å². The summed E-state index contributed by atoms with van der Waals surface area (Å²) in [4.78, 5) is 26.6. The number of rotatable bonds is 7. The third-order valence-corrected chi connectivity index (χ3v) is 5.02. The first-order valence-electron chi connectivity index (χ1n) is 10.5. The van der Waals surface area contributed by atoms with Gasteiger partial charge < -0.3 is 20.1 Å². The van der Waals surface area contributed by atoms with Crippen LogP contribution in [0.4, 0.5) is 17.1 Å². The van der Waals surface area contributed by atoms with E-state index < -0.39 is 6.04 Å². The van der Waals surface area contributed by atoms with E-state index in [1.807, 2.05) is 73.7 Å². The number of nitrogens with one attached hydrogen (secondary N) is 2. The van der Waals surface area contributed by atoms with E-state index in [4.69, 9.17) is 9.47 Å². The van der Waals surface area contributed by atoms with Crippen LogP contribution >= 0.6 is 0 Å². The van der Waals surface area contributed by atoms with Crippen molar-refractivity contribution >= 4 is 28.9 Å². The van der Waals surface area contributed by atoms with Gasteiger partial charge in [-0.15, -0.1) is 0 Å². The van der Waals surface area contributed by atoms with Crippen molar-refractivity contribution in [2.24, 2.45) is 0 Å². The Morgan fingerprint density at radius 2 is 1.62 bits per heavy atom. The Morgan fingerprint density at radius 1 is 1.00 bits per heavy atom. The molecule has 0 spiro atoms. The Labute approximate surface area is 187 Å². The van der Waals surface area contributed by atoms with Crippen molar-refractivity contribution in [3.05, 3.63) is 72.8 Å². The molecule has 1 aliphatic heterocycles. The lowest BCUT2D eigenvalue weighted by Crippen LogP contribution is -2.47. The van der Waals surface area contributed by atoms with Crippen LogP contribution in [-0.4, -0.2) is 31.0 Å². The highest BCUT2D eigenvalue weighted by Crippen LogP contribution is 2.30. The van der Waals surface area contributed by atoms with E-state index in [0.29, 0.717) is 29.5 Å². The fraction of sp³-hybridized carbons (Fsp3) is 0.200. The zero-order valence-electron chi connectivity index (χ0n) is 18.0. The molecule has 7 nitrogen and oxygen atoms in total. The van der Waals surface area contributed by atoms with Crippen molar-refractivity contribution in [1.29, 1.82) is 0 Å². The first-order valence-corrected chi connectivity index (χ1v) is 10.5. The predicted molar refractivity (Wildman–Crippen MR) is 125 cm³/mol. The number of amides is 2. The van der Waals surface area contributed by atoms with E-state index >= 15 is 0 Å². The van der Waals surface area contributed by atoms with Gasteiger partial charge >= 0.3 is 0 Å². The van der Waals surface area contributed by atoms with E-state index in [1.54, 1.807) is 13.0 Å². The van der Waals surface area contributed by atoms with Crippen LogP contribution in [0.3, 0.4) is 0 Å². The van der Waals surface area contributed by atoms with Crippen LogP contribution in [0.5, 0.6) is 17.2 Å². The van der Waals surface area contributed by atoms with Gasteiger partial charge in [-0.1, -0.05) is 12.1 Å². The summed E-state index contributed by atoms with van der Waals surface area (Å²) in [6, 6.07) is 21.6.